The summed E-state index contributed by atoms with van der Waals surface area (Å²) in [6.45, 7) is 6.04. The van der Waals surface area contributed by atoms with E-state index in [4.69, 9.17) is 0 Å². The molecule has 1 heterocycles. The molecule has 0 N–H and O–H groups in total. The Balaban J connectivity index is 1.26. The normalized spacial score (nSPS) is 11.5. The van der Waals surface area contributed by atoms with E-state index in [1.54, 1.807) is 0 Å². The lowest BCUT2D eigenvalue weighted by Gasteiger charge is -2.27. The van der Waals surface area contributed by atoms with Gasteiger partial charge in [0.25, 0.3) is 0 Å². The van der Waals surface area contributed by atoms with Crippen LogP contribution in [0.25, 0.3) is 66.6 Å². The fourth-order valence-corrected chi connectivity index (χ4v) is 7.72. The molecule has 9 rings (SSSR count). The van der Waals surface area contributed by atoms with Crippen molar-refractivity contribution in [3.05, 3.63) is 212 Å². The summed E-state index contributed by atoms with van der Waals surface area (Å²) in [5, 5.41) is 4.97. The van der Waals surface area contributed by atoms with E-state index in [9.17, 15) is 0 Å². The topological polar surface area (TPSA) is 8.17 Å². The van der Waals surface area contributed by atoms with Gasteiger partial charge in [-0.1, -0.05) is 140 Å². The molecule has 0 fully saturated rings. The molecule has 1 aromatic heterocycles. The van der Waals surface area contributed by atoms with E-state index >= 15 is 0 Å². The third kappa shape index (κ3) is 5.91. The predicted molar refractivity (Wildman–Crippen MR) is 228 cm³/mol. The number of hydrogen-bond donors (Lipinski definition) is 0. The second-order valence-corrected chi connectivity index (χ2v) is 13.5. The standard InChI is InChI=1S/C51H38N2/c1-3-4-16-37-29-30-46(31-36(37)2)52(44-25-13-21-39(32-44)38-17-7-5-8-18-38)45-26-14-22-42(33-45)47-27-15-28-49-51(47)48-34-40-19-11-12-20-41(40)35-50(48)53(49)43-23-9-6-10-24-43/h3-35H,1H2,2H3/b16-4-. The molecule has 0 aliphatic heterocycles. The highest BCUT2D eigenvalue weighted by molar-refractivity contribution is 6.18. The molecule has 9 aromatic rings. The first-order valence-electron chi connectivity index (χ1n) is 18.1. The van der Waals surface area contributed by atoms with E-state index in [0.717, 1.165) is 22.7 Å². The molecule has 2 heteroatoms. The Morgan fingerprint density at radius 3 is 1.87 bits per heavy atom. The van der Waals surface area contributed by atoms with Gasteiger partial charge in [-0.05, 0) is 118 Å². The number of anilines is 3. The van der Waals surface area contributed by atoms with Gasteiger partial charge in [0, 0.05) is 33.5 Å². The molecule has 0 aliphatic carbocycles. The predicted octanol–water partition coefficient (Wildman–Crippen LogP) is 14.2. The Labute approximate surface area is 310 Å². The Morgan fingerprint density at radius 1 is 0.509 bits per heavy atom. The van der Waals surface area contributed by atoms with E-state index in [-0.39, 0.29) is 0 Å². The van der Waals surface area contributed by atoms with Gasteiger partial charge in [-0.2, -0.15) is 0 Å². The number of para-hydroxylation sites is 1. The molecule has 0 bridgehead atoms. The second-order valence-electron chi connectivity index (χ2n) is 13.5. The highest BCUT2D eigenvalue weighted by atomic mass is 15.1. The number of aryl methyl sites for hydroxylation is 1. The van der Waals surface area contributed by atoms with Crippen LogP contribution in [-0.2, 0) is 0 Å². The van der Waals surface area contributed by atoms with Crippen molar-refractivity contribution in [2.75, 3.05) is 4.90 Å². The number of allylic oxidation sites excluding steroid dienone is 2. The molecule has 0 atom stereocenters. The van der Waals surface area contributed by atoms with Crippen LogP contribution in [0.3, 0.4) is 0 Å². The number of nitrogens with zero attached hydrogens (tertiary/aromatic N) is 2. The maximum Gasteiger partial charge on any atom is 0.0547 e. The van der Waals surface area contributed by atoms with Crippen molar-refractivity contribution in [3.8, 4) is 27.9 Å². The maximum atomic E-state index is 3.87. The monoisotopic (exact) mass is 678 g/mol. The van der Waals surface area contributed by atoms with E-state index in [1.165, 1.54) is 66.0 Å². The minimum atomic E-state index is 1.09. The van der Waals surface area contributed by atoms with Gasteiger partial charge >= 0.3 is 0 Å². The lowest BCUT2D eigenvalue weighted by molar-refractivity contribution is 1.18. The van der Waals surface area contributed by atoms with Crippen LogP contribution in [0.4, 0.5) is 17.1 Å². The van der Waals surface area contributed by atoms with Gasteiger partial charge in [0.2, 0.25) is 0 Å². The number of rotatable bonds is 8. The molecular formula is C51H38N2. The molecule has 0 radical (unpaired) electrons. The van der Waals surface area contributed by atoms with Gasteiger partial charge in [-0.3, -0.25) is 0 Å². The van der Waals surface area contributed by atoms with Crippen LogP contribution >= 0.6 is 0 Å². The van der Waals surface area contributed by atoms with Crippen molar-refractivity contribution < 1.29 is 0 Å². The number of hydrogen-bond acceptors (Lipinski definition) is 1. The number of benzene rings is 8. The lowest BCUT2D eigenvalue weighted by Crippen LogP contribution is -2.10. The fraction of sp³-hybridized carbons (Fsp3) is 0.0196. The van der Waals surface area contributed by atoms with E-state index < -0.39 is 0 Å². The first kappa shape index (κ1) is 32.0. The SMILES string of the molecule is C=C/C=C\c1ccc(N(c2cccc(-c3ccccc3)c2)c2cccc(-c3cccc4c3c3cc5ccccc5cc3n4-c3ccccc3)c2)cc1C. The van der Waals surface area contributed by atoms with Crippen molar-refractivity contribution in [1.29, 1.82) is 0 Å². The van der Waals surface area contributed by atoms with Crippen LogP contribution in [0.1, 0.15) is 11.1 Å². The Bertz CT molecular complexity index is 2810. The Hall–Kier alpha value is -6.90. The van der Waals surface area contributed by atoms with Gasteiger partial charge in [-0.15, -0.1) is 0 Å². The average molecular weight is 679 g/mol. The average Bonchev–Trinajstić information content (AvgIpc) is 3.54. The van der Waals surface area contributed by atoms with Gasteiger partial charge in [-0.25, -0.2) is 0 Å². The van der Waals surface area contributed by atoms with Gasteiger partial charge in [0.05, 0.1) is 11.0 Å². The Morgan fingerprint density at radius 2 is 1.13 bits per heavy atom. The summed E-state index contributed by atoms with van der Waals surface area (Å²) in [5.74, 6) is 0. The minimum absolute atomic E-state index is 1.09. The summed E-state index contributed by atoms with van der Waals surface area (Å²) in [6.07, 6.45) is 5.92. The van der Waals surface area contributed by atoms with Crippen LogP contribution in [0, 0.1) is 6.92 Å². The smallest absolute Gasteiger partial charge is 0.0547 e. The summed E-state index contributed by atoms with van der Waals surface area (Å²) in [6, 6.07) is 66.0. The molecule has 0 aliphatic rings. The Kier molecular flexibility index (Phi) is 8.26. The van der Waals surface area contributed by atoms with Crippen LogP contribution in [0.5, 0.6) is 0 Å². The third-order valence-electron chi connectivity index (χ3n) is 10.2. The van der Waals surface area contributed by atoms with Crippen molar-refractivity contribution in [2.45, 2.75) is 6.92 Å². The maximum absolute atomic E-state index is 3.87. The first-order chi connectivity index (χ1) is 26.2. The first-order valence-corrected chi connectivity index (χ1v) is 18.1. The zero-order chi connectivity index (χ0) is 35.7. The summed E-state index contributed by atoms with van der Waals surface area (Å²) in [4.78, 5) is 2.38. The van der Waals surface area contributed by atoms with E-state index in [0.29, 0.717) is 0 Å². The molecule has 0 amide bonds. The second kappa shape index (κ2) is 13.7. The number of fused-ring (bicyclic) bond motifs is 4. The molecular weight excluding hydrogens is 641 g/mol. The molecule has 0 unspecified atom stereocenters. The van der Waals surface area contributed by atoms with Gasteiger partial charge in [0.1, 0.15) is 0 Å². The zero-order valence-corrected chi connectivity index (χ0v) is 29.7. The summed E-state index contributed by atoms with van der Waals surface area (Å²) >= 11 is 0. The summed E-state index contributed by atoms with van der Waals surface area (Å²) < 4.78 is 2.41. The third-order valence-corrected chi connectivity index (χ3v) is 10.2. The summed E-state index contributed by atoms with van der Waals surface area (Å²) in [5.41, 5.74) is 14.0. The molecule has 0 saturated heterocycles. The van der Waals surface area contributed by atoms with Crippen LogP contribution in [0.2, 0.25) is 0 Å². The van der Waals surface area contributed by atoms with E-state index in [1.807, 2.05) is 12.2 Å². The van der Waals surface area contributed by atoms with Crippen molar-refractivity contribution >= 4 is 55.7 Å². The zero-order valence-electron chi connectivity index (χ0n) is 29.7. The number of aromatic nitrogens is 1. The van der Waals surface area contributed by atoms with Crippen LogP contribution < -0.4 is 4.90 Å². The minimum Gasteiger partial charge on any atom is -0.310 e. The van der Waals surface area contributed by atoms with Crippen LogP contribution in [0.15, 0.2) is 201 Å². The molecule has 0 spiro atoms. The molecule has 53 heavy (non-hydrogen) atoms. The largest absolute Gasteiger partial charge is 0.310 e. The van der Waals surface area contributed by atoms with Crippen molar-refractivity contribution in [2.24, 2.45) is 0 Å². The highest BCUT2D eigenvalue weighted by Gasteiger charge is 2.19. The van der Waals surface area contributed by atoms with E-state index in [2.05, 4.69) is 211 Å². The van der Waals surface area contributed by atoms with Gasteiger partial charge in [0.15, 0.2) is 0 Å². The van der Waals surface area contributed by atoms with Crippen molar-refractivity contribution in [3.63, 3.8) is 0 Å². The van der Waals surface area contributed by atoms with Crippen molar-refractivity contribution in [1.82, 2.24) is 4.57 Å². The lowest BCUT2D eigenvalue weighted by atomic mass is 9.97. The summed E-state index contributed by atoms with van der Waals surface area (Å²) in [7, 11) is 0. The molecule has 0 saturated carbocycles. The quantitative estimate of drug-likeness (QED) is 0.145. The molecule has 8 aromatic carbocycles. The highest BCUT2D eigenvalue weighted by Crippen LogP contribution is 2.43. The fourth-order valence-electron chi connectivity index (χ4n) is 7.72. The van der Waals surface area contributed by atoms with Gasteiger partial charge < -0.3 is 9.47 Å². The van der Waals surface area contributed by atoms with Crippen LogP contribution in [-0.4, -0.2) is 4.57 Å². The molecule has 252 valence electrons. The molecule has 2 nitrogen and oxygen atoms in total.